The van der Waals surface area contributed by atoms with Crippen LogP contribution in [-0.4, -0.2) is 56.2 Å². The van der Waals surface area contributed by atoms with Crippen LogP contribution in [0, 0.1) is 0 Å². The molecule has 0 aromatic heterocycles. The van der Waals surface area contributed by atoms with Crippen molar-refractivity contribution in [2.75, 3.05) is 26.2 Å². The molecule has 1 fully saturated rings. The second-order valence-electron chi connectivity index (χ2n) is 8.78. The minimum atomic E-state index is -3.49. The van der Waals surface area contributed by atoms with E-state index in [4.69, 9.17) is 0 Å². The highest BCUT2D eigenvalue weighted by atomic mass is 32.2. The molecule has 0 N–H and O–H groups in total. The number of rotatable bonds is 8. The van der Waals surface area contributed by atoms with E-state index in [-0.39, 0.29) is 22.5 Å². The molecule has 6 nitrogen and oxygen atoms in total. The van der Waals surface area contributed by atoms with Gasteiger partial charge in [-0.3, -0.25) is 9.59 Å². The third kappa shape index (κ3) is 6.57. The third-order valence-corrected chi connectivity index (χ3v) is 7.96. The largest absolute Gasteiger partial charge is 0.339 e. The number of nitrogens with zero attached hydrogens (tertiary/aromatic N) is 2. The molecule has 0 unspecified atom stereocenters. The van der Waals surface area contributed by atoms with E-state index >= 15 is 0 Å². The Morgan fingerprint density at radius 1 is 0.714 bits per heavy atom. The molecule has 182 valence electrons. The summed E-state index contributed by atoms with van der Waals surface area (Å²) in [5.41, 5.74) is 2.27. The summed E-state index contributed by atoms with van der Waals surface area (Å²) >= 11 is 0. The minimum absolute atomic E-state index is 0.126. The van der Waals surface area contributed by atoms with Gasteiger partial charge in [-0.2, -0.15) is 0 Å². The van der Waals surface area contributed by atoms with Crippen LogP contribution < -0.4 is 0 Å². The molecule has 0 radical (unpaired) electrons. The fraction of sp³-hybridized carbons (Fsp3) is 0.286. The molecule has 1 aliphatic heterocycles. The molecule has 0 spiro atoms. The standard InChI is InChI=1S/C28H30N2O4S/c31-27(16-8-11-23-9-3-1-4-10-23)29-17-19-30(20-18-29)28(32)25-13-7-12-24(21-25)22-35(33,34)26-14-5-2-6-15-26/h1-7,9-10,12-15,21H,8,11,16-20,22H2. The first-order chi connectivity index (χ1) is 16.9. The lowest BCUT2D eigenvalue weighted by Gasteiger charge is -2.35. The van der Waals surface area contributed by atoms with Crippen molar-refractivity contribution < 1.29 is 18.0 Å². The van der Waals surface area contributed by atoms with Crippen molar-refractivity contribution in [3.05, 3.63) is 102 Å². The fourth-order valence-electron chi connectivity index (χ4n) is 4.31. The first-order valence-electron chi connectivity index (χ1n) is 11.9. The van der Waals surface area contributed by atoms with Gasteiger partial charge in [-0.25, -0.2) is 8.42 Å². The lowest BCUT2D eigenvalue weighted by molar-refractivity contribution is -0.132. The van der Waals surface area contributed by atoms with E-state index in [9.17, 15) is 18.0 Å². The van der Waals surface area contributed by atoms with E-state index in [0.717, 1.165) is 12.8 Å². The van der Waals surface area contributed by atoms with Crippen LogP contribution in [0.4, 0.5) is 0 Å². The summed E-state index contributed by atoms with van der Waals surface area (Å²) in [7, 11) is -3.49. The summed E-state index contributed by atoms with van der Waals surface area (Å²) in [6, 6.07) is 25.3. The number of carbonyl (C=O) groups is 2. The zero-order valence-corrected chi connectivity index (χ0v) is 20.5. The van der Waals surface area contributed by atoms with Gasteiger partial charge in [0.1, 0.15) is 0 Å². The number of piperazine rings is 1. The topological polar surface area (TPSA) is 74.8 Å². The monoisotopic (exact) mass is 490 g/mol. The van der Waals surface area contributed by atoms with Crippen molar-refractivity contribution >= 4 is 21.7 Å². The maximum Gasteiger partial charge on any atom is 0.253 e. The zero-order chi connectivity index (χ0) is 24.7. The number of carbonyl (C=O) groups excluding carboxylic acids is 2. The van der Waals surface area contributed by atoms with E-state index in [1.807, 2.05) is 23.1 Å². The number of benzene rings is 3. The Kier molecular flexibility index (Phi) is 7.98. The van der Waals surface area contributed by atoms with Crippen molar-refractivity contribution in [2.45, 2.75) is 29.9 Å². The Morgan fingerprint density at radius 2 is 1.31 bits per heavy atom. The van der Waals surface area contributed by atoms with Gasteiger partial charge >= 0.3 is 0 Å². The number of sulfone groups is 1. The summed E-state index contributed by atoms with van der Waals surface area (Å²) in [5.74, 6) is -0.176. The maximum atomic E-state index is 13.1. The number of hydrogen-bond acceptors (Lipinski definition) is 4. The van der Waals surface area contributed by atoms with Crippen molar-refractivity contribution in [1.29, 1.82) is 0 Å². The van der Waals surface area contributed by atoms with Gasteiger partial charge < -0.3 is 9.80 Å². The Hall–Kier alpha value is -3.45. The van der Waals surface area contributed by atoms with Crippen LogP contribution in [0.5, 0.6) is 0 Å². The molecule has 2 amide bonds. The zero-order valence-electron chi connectivity index (χ0n) is 19.7. The molecule has 1 saturated heterocycles. The molecular weight excluding hydrogens is 460 g/mol. The van der Waals surface area contributed by atoms with Gasteiger partial charge in [0.15, 0.2) is 9.84 Å². The third-order valence-electron chi connectivity index (χ3n) is 6.25. The van der Waals surface area contributed by atoms with Gasteiger partial charge in [0.2, 0.25) is 5.91 Å². The second-order valence-corrected chi connectivity index (χ2v) is 10.8. The predicted molar refractivity (Wildman–Crippen MR) is 136 cm³/mol. The summed E-state index contributed by atoms with van der Waals surface area (Å²) < 4.78 is 25.4. The van der Waals surface area contributed by atoms with Gasteiger partial charge in [-0.05, 0) is 48.2 Å². The maximum absolute atomic E-state index is 13.1. The highest BCUT2D eigenvalue weighted by Gasteiger charge is 2.25. The predicted octanol–water partition coefficient (Wildman–Crippen LogP) is 3.97. The van der Waals surface area contributed by atoms with Gasteiger partial charge in [0.05, 0.1) is 10.6 Å². The summed E-state index contributed by atoms with van der Waals surface area (Å²) in [4.78, 5) is 29.5. The molecular formula is C28H30N2O4S. The molecule has 0 bridgehead atoms. The number of amides is 2. The molecule has 0 saturated carbocycles. The van der Waals surface area contributed by atoms with E-state index in [2.05, 4.69) is 12.1 Å². The van der Waals surface area contributed by atoms with Gasteiger partial charge in [-0.1, -0.05) is 60.7 Å². The number of hydrogen-bond donors (Lipinski definition) is 0. The highest BCUT2D eigenvalue weighted by Crippen LogP contribution is 2.18. The van der Waals surface area contributed by atoms with E-state index in [1.165, 1.54) is 5.56 Å². The lowest BCUT2D eigenvalue weighted by atomic mass is 10.1. The van der Waals surface area contributed by atoms with Gasteiger partial charge in [-0.15, -0.1) is 0 Å². The second kappa shape index (κ2) is 11.3. The average Bonchev–Trinajstić information content (AvgIpc) is 2.89. The van der Waals surface area contributed by atoms with Crippen molar-refractivity contribution in [1.82, 2.24) is 9.80 Å². The summed E-state index contributed by atoms with van der Waals surface area (Å²) in [6.45, 7) is 1.96. The van der Waals surface area contributed by atoms with Gasteiger partial charge in [0, 0.05) is 38.2 Å². The molecule has 4 rings (SSSR count). The van der Waals surface area contributed by atoms with Gasteiger partial charge in [0.25, 0.3) is 5.91 Å². The van der Waals surface area contributed by atoms with E-state index < -0.39 is 9.84 Å². The van der Waals surface area contributed by atoms with Crippen molar-refractivity contribution in [2.24, 2.45) is 0 Å². The molecule has 1 aliphatic rings. The summed E-state index contributed by atoms with van der Waals surface area (Å²) in [5, 5.41) is 0. The minimum Gasteiger partial charge on any atom is -0.339 e. The van der Waals surface area contributed by atoms with Crippen molar-refractivity contribution in [3.63, 3.8) is 0 Å². The van der Waals surface area contributed by atoms with E-state index in [0.29, 0.717) is 43.7 Å². The first-order valence-corrected chi connectivity index (χ1v) is 13.6. The van der Waals surface area contributed by atoms with Crippen LogP contribution >= 0.6 is 0 Å². The Labute approximate surface area is 207 Å². The van der Waals surface area contributed by atoms with Crippen LogP contribution in [0.25, 0.3) is 0 Å². The molecule has 3 aromatic carbocycles. The quantitative estimate of drug-likeness (QED) is 0.479. The first kappa shape index (κ1) is 24.7. The molecule has 1 heterocycles. The van der Waals surface area contributed by atoms with E-state index in [1.54, 1.807) is 59.5 Å². The van der Waals surface area contributed by atoms with Crippen LogP contribution in [0.1, 0.15) is 34.3 Å². The smallest absolute Gasteiger partial charge is 0.253 e. The Bertz CT molecular complexity index is 1250. The van der Waals surface area contributed by atoms with Crippen LogP contribution in [0.2, 0.25) is 0 Å². The van der Waals surface area contributed by atoms with Crippen LogP contribution in [-0.2, 0) is 26.8 Å². The molecule has 35 heavy (non-hydrogen) atoms. The molecule has 0 atom stereocenters. The molecule has 0 aliphatic carbocycles. The molecule has 7 heteroatoms. The highest BCUT2D eigenvalue weighted by molar-refractivity contribution is 7.90. The van der Waals surface area contributed by atoms with Crippen LogP contribution in [0.3, 0.4) is 0 Å². The normalized spacial score (nSPS) is 14.1. The molecule has 3 aromatic rings. The Balaban J connectivity index is 1.29. The van der Waals surface area contributed by atoms with Crippen molar-refractivity contribution in [3.8, 4) is 0 Å². The summed E-state index contributed by atoms with van der Waals surface area (Å²) in [6.07, 6.45) is 2.18. The Morgan fingerprint density at radius 3 is 2.00 bits per heavy atom. The fourth-order valence-corrected chi connectivity index (χ4v) is 5.67. The average molecular weight is 491 g/mol. The lowest BCUT2D eigenvalue weighted by Crippen LogP contribution is -2.50. The number of aryl methyl sites for hydroxylation is 1. The van der Waals surface area contributed by atoms with Crippen LogP contribution in [0.15, 0.2) is 89.8 Å². The SMILES string of the molecule is O=C(CCCc1ccccc1)N1CCN(C(=O)c2cccc(CS(=O)(=O)c3ccccc3)c2)CC1.